The number of rotatable bonds is 12. The van der Waals surface area contributed by atoms with Gasteiger partial charge in [0.05, 0.1) is 19.8 Å². The second kappa shape index (κ2) is 11.6. The van der Waals surface area contributed by atoms with Crippen LogP contribution in [0, 0.1) is 5.92 Å². The summed E-state index contributed by atoms with van der Waals surface area (Å²) in [6.07, 6.45) is 0. The summed E-state index contributed by atoms with van der Waals surface area (Å²) in [6.45, 7) is 12.5. The van der Waals surface area contributed by atoms with Crippen molar-refractivity contribution < 1.29 is 14.6 Å². The molecular weight excluding hydrogens is 244 g/mol. The molecule has 0 spiro atoms. The third kappa shape index (κ3) is 7.84. The van der Waals surface area contributed by atoms with E-state index in [1.165, 1.54) is 0 Å². The summed E-state index contributed by atoms with van der Waals surface area (Å²) in [5.74, 6) is 0.332. The quantitative estimate of drug-likeness (QED) is 0.514. The molecule has 0 aromatic carbocycles. The predicted molar refractivity (Wildman–Crippen MR) is 78.2 cm³/mol. The highest BCUT2D eigenvalue weighted by Crippen LogP contribution is 2.10. The Bertz CT molecular complexity index is 193. The highest BCUT2D eigenvalue weighted by atomic mass is 16.5. The van der Waals surface area contributed by atoms with Gasteiger partial charge in [-0.15, -0.1) is 0 Å². The van der Waals surface area contributed by atoms with E-state index in [1.807, 2.05) is 13.8 Å². The fourth-order valence-corrected chi connectivity index (χ4v) is 2.02. The SMILES string of the molecule is CCOCCN(CCOCC)C(CO)C(N)C(C)C. The van der Waals surface area contributed by atoms with Crippen molar-refractivity contribution in [2.75, 3.05) is 46.1 Å². The Balaban J connectivity index is 4.46. The molecular formula is C14H32N2O3. The Hall–Kier alpha value is -0.200. The lowest BCUT2D eigenvalue weighted by Crippen LogP contribution is -2.54. The van der Waals surface area contributed by atoms with E-state index in [0.717, 1.165) is 13.1 Å². The van der Waals surface area contributed by atoms with Gasteiger partial charge >= 0.3 is 0 Å². The average molecular weight is 276 g/mol. The van der Waals surface area contributed by atoms with Crippen LogP contribution in [0.3, 0.4) is 0 Å². The molecule has 5 heteroatoms. The first kappa shape index (κ1) is 18.8. The monoisotopic (exact) mass is 276 g/mol. The molecule has 0 fully saturated rings. The van der Waals surface area contributed by atoms with Gasteiger partial charge in [-0.25, -0.2) is 0 Å². The standard InChI is InChI=1S/C14H32N2O3/c1-5-18-9-7-16(8-10-19-6-2)13(11-17)14(15)12(3)4/h12-14,17H,5-11,15H2,1-4H3. The molecule has 5 nitrogen and oxygen atoms in total. The van der Waals surface area contributed by atoms with E-state index >= 15 is 0 Å². The number of nitrogens with zero attached hydrogens (tertiary/aromatic N) is 1. The van der Waals surface area contributed by atoms with Crippen LogP contribution in [0.25, 0.3) is 0 Å². The van der Waals surface area contributed by atoms with E-state index in [-0.39, 0.29) is 18.7 Å². The second-order valence-electron chi connectivity index (χ2n) is 5.00. The number of hydrogen-bond donors (Lipinski definition) is 2. The number of ether oxygens (including phenoxy) is 2. The largest absolute Gasteiger partial charge is 0.395 e. The zero-order valence-electron chi connectivity index (χ0n) is 13.0. The number of aliphatic hydroxyl groups is 1. The molecule has 3 N–H and O–H groups in total. The first-order valence-electron chi connectivity index (χ1n) is 7.34. The van der Waals surface area contributed by atoms with Crippen molar-refractivity contribution in [3.05, 3.63) is 0 Å². The van der Waals surface area contributed by atoms with Gasteiger partial charge in [0.15, 0.2) is 0 Å². The van der Waals surface area contributed by atoms with E-state index in [4.69, 9.17) is 15.2 Å². The first-order chi connectivity index (χ1) is 9.08. The van der Waals surface area contributed by atoms with Crippen LogP contribution in [-0.2, 0) is 9.47 Å². The number of hydrogen-bond acceptors (Lipinski definition) is 5. The molecule has 0 heterocycles. The Morgan fingerprint density at radius 2 is 1.53 bits per heavy atom. The molecule has 0 aliphatic heterocycles. The van der Waals surface area contributed by atoms with Gasteiger partial charge in [0, 0.05) is 38.4 Å². The van der Waals surface area contributed by atoms with Crippen LogP contribution in [0.5, 0.6) is 0 Å². The number of aliphatic hydroxyl groups excluding tert-OH is 1. The van der Waals surface area contributed by atoms with E-state index in [2.05, 4.69) is 18.7 Å². The van der Waals surface area contributed by atoms with Crippen LogP contribution < -0.4 is 5.73 Å². The van der Waals surface area contributed by atoms with Crippen LogP contribution in [0.1, 0.15) is 27.7 Å². The summed E-state index contributed by atoms with van der Waals surface area (Å²) in [7, 11) is 0. The molecule has 0 saturated heterocycles. The van der Waals surface area contributed by atoms with Gasteiger partial charge in [0.25, 0.3) is 0 Å². The molecule has 0 aliphatic carbocycles. The molecule has 0 amide bonds. The fourth-order valence-electron chi connectivity index (χ4n) is 2.02. The smallest absolute Gasteiger partial charge is 0.0602 e. The van der Waals surface area contributed by atoms with Crippen LogP contribution in [0.4, 0.5) is 0 Å². The topological polar surface area (TPSA) is 68.0 Å². The minimum absolute atomic E-state index is 0.0408. The third-order valence-electron chi connectivity index (χ3n) is 3.32. The third-order valence-corrected chi connectivity index (χ3v) is 3.32. The fraction of sp³-hybridized carbons (Fsp3) is 1.00. The van der Waals surface area contributed by atoms with Crippen molar-refractivity contribution in [3.63, 3.8) is 0 Å². The van der Waals surface area contributed by atoms with Gasteiger partial charge in [-0.3, -0.25) is 4.90 Å². The first-order valence-corrected chi connectivity index (χ1v) is 7.34. The Morgan fingerprint density at radius 1 is 1.05 bits per heavy atom. The van der Waals surface area contributed by atoms with Crippen molar-refractivity contribution in [2.45, 2.75) is 39.8 Å². The van der Waals surface area contributed by atoms with E-state index in [0.29, 0.717) is 32.3 Å². The molecule has 0 aromatic rings. The minimum Gasteiger partial charge on any atom is -0.395 e. The van der Waals surface area contributed by atoms with E-state index in [9.17, 15) is 5.11 Å². The minimum atomic E-state index is -0.0479. The van der Waals surface area contributed by atoms with Gasteiger partial charge < -0.3 is 20.3 Å². The maximum atomic E-state index is 9.63. The van der Waals surface area contributed by atoms with Gasteiger partial charge in [0.1, 0.15) is 0 Å². The molecule has 0 radical (unpaired) electrons. The highest BCUT2D eigenvalue weighted by molar-refractivity contribution is 4.84. The maximum Gasteiger partial charge on any atom is 0.0602 e. The molecule has 0 aromatic heterocycles. The Labute approximate surface area is 118 Å². The lowest BCUT2D eigenvalue weighted by Gasteiger charge is -2.36. The molecule has 116 valence electrons. The summed E-state index contributed by atoms with van der Waals surface area (Å²) in [6, 6.07) is -0.0887. The summed E-state index contributed by atoms with van der Waals surface area (Å²) >= 11 is 0. The van der Waals surface area contributed by atoms with Gasteiger partial charge in [0.2, 0.25) is 0 Å². The van der Waals surface area contributed by atoms with E-state index in [1.54, 1.807) is 0 Å². The Kier molecular flexibility index (Phi) is 11.5. The van der Waals surface area contributed by atoms with Gasteiger partial charge in [-0.05, 0) is 19.8 Å². The van der Waals surface area contributed by atoms with E-state index < -0.39 is 0 Å². The van der Waals surface area contributed by atoms with Crippen molar-refractivity contribution in [3.8, 4) is 0 Å². The summed E-state index contributed by atoms with van der Waals surface area (Å²) < 4.78 is 10.8. The van der Waals surface area contributed by atoms with Crippen molar-refractivity contribution in [1.82, 2.24) is 4.90 Å². The molecule has 0 saturated carbocycles. The average Bonchev–Trinajstić information content (AvgIpc) is 2.39. The van der Waals surface area contributed by atoms with Gasteiger partial charge in [-0.2, -0.15) is 0 Å². The lowest BCUT2D eigenvalue weighted by molar-refractivity contribution is 0.0317. The van der Waals surface area contributed by atoms with Crippen LogP contribution >= 0.6 is 0 Å². The summed E-state index contributed by atoms with van der Waals surface area (Å²) in [4.78, 5) is 2.18. The normalized spacial score (nSPS) is 15.2. The zero-order valence-corrected chi connectivity index (χ0v) is 13.0. The van der Waals surface area contributed by atoms with Crippen LogP contribution in [0.2, 0.25) is 0 Å². The predicted octanol–water partition coefficient (Wildman–Crippen LogP) is 0.706. The molecule has 2 unspecified atom stereocenters. The van der Waals surface area contributed by atoms with Crippen molar-refractivity contribution in [1.29, 1.82) is 0 Å². The lowest BCUT2D eigenvalue weighted by atomic mass is 9.96. The Morgan fingerprint density at radius 3 is 1.84 bits per heavy atom. The zero-order chi connectivity index (χ0) is 14.7. The molecule has 0 aliphatic rings. The maximum absolute atomic E-state index is 9.63. The van der Waals surface area contributed by atoms with Gasteiger partial charge in [-0.1, -0.05) is 13.8 Å². The van der Waals surface area contributed by atoms with Crippen LogP contribution in [-0.4, -0.2) is 68.2 Å². The molecule has 19 heavy (non-hydrogen) atoms. The summed E-state index contributed by atoms with van der Waals surface area (Å²) in [5, 5.41) is 9.63. The molecule has 2 atom stereocenters. The molecule has 0 rings (SSSR count). The molecule has 0 bridgehead atoms. The number of nitrogens with two attached hydrogens (primary N) is 1. The van der Waals surface area contributed by atoms with Crippen molar-refractivity contribution in [2.24, 2.45) is 11.7 Å². The van der Waals surface area contributed by atoms with Crippen molar-refractivity contribution >= 4 is 0 Å². The summed E-state index contributed by atoms with van der Waals surface area (Å²) in [5.41, 5.74) is 6.20. The highest BCUT2D eigenvalue weighted by Gasteiger charge is 2.26. The second-order valence-corrected chi connectivity index (χ2v) is 5.00. The van der Waals surface area contributed by atoms with Crippen LogP contribution in [0.15, 0.2) is 0 Å².